The number of nitrogens with zero attached hydrogens (tertiary/aromatic N) is 1. The molecule has 21 heavy (non-hydrogen) atoms. The molecule has 0 radical (unpaired) electrons. The minimum absolute atomic E-state index is 0.0833. The lowest BCUT2D eigenvalue weighted by Crippen LogP contribution is -2.12. The average Bonchev–Trinajstić information content (AvgIpc) is 2.47. The summed E-state index contributed by atoms with van der Waals surface area (Å²) < 4.78 is 0. The van der Waals surface area contributed by atoms with Gasteiger partial charge in [-0.15, -0.1) is 6.42 Å². The summed E-state index contributed by atoms with van der Waals surface area (Å²) >= 11 is 0. The second-order valence-corrected chi connectivity index (χ2v) is 4.44. The number of carbonyl (C=O) groups excluding carboxylic acids is 1. The van der Waals surface area contributed by atoms with Crippen LogP contribution in [0.2, 0.25) is 0 Å². The van der Waals surface area contributed by atoms with E-state index in [4.69, 9.17) is 6.42 Å². The number of nitro groups is 1. The molecule has 2 aromatic rings. The molecule has 0 spiro atoms. The van der Waals surface area contributed by atoms with Crippen molar-refractivity contribution in [1.82, 2.24) is 0 Å². The molecule has 0 aliphatic heterocycles. The highest BCUT2D eigenvalue weighted by molar-refractivity contribution is 6.04. The van der Waals surface area contributed by atoms with Crippen LogP contribution in [0.5, 0.6) is 0 Å². The van der Waals surface area contributed by atoms with Gasteiger partial charge in [-0.05, 0) is 31.2 Å². The fourth-order valence-corrected chi connectivity index (χ4v) is 1.84. The molecule has 0 fully saturated rings. The van der Waals surface area contributed by atoms with Gasteiger partial charge in [-0.3, -0.25) is 14.9 Å². The minimum atomic E-state index is -0.509. The summed E-state index contributed by atoms with van der Waals surface area (Å²) in [6, 6.07) is 11.2. The van der Waals surface area contributed by atoms with E-state index in [2.05, 4.69) is 11.2 Å². The molecule has 0 aromatic heterocycles. The second-order valence-electron chi connectivity index (χ2n) is 4.44. The summed E-state index contributed by atoms with van der Waals surface area (Å²) in [7, 11) is 0. The van der Waals surface area contributed by atoms with E-state index in [0.29, 0.717) is 16.8 Å². The van der Waals surface area contributed by atoms with Crippen LogP contribution in [0.1, 0.15) is 21.5 Å². The van der Waals surface area contributed by atoms with Gasteiger partial charge in [0.1, 0.15) is 0 Å². The number of anilines is 1. The van der Waals surface area contributed by atoms with Crippen LogP contribution in [0.4, 0.5) is 11.4 Å². The van der Waals surface area contributed by atoms with Crippen LogP contribution in [0.25, 0.3) is 0 Å². The maximum Gasteiger partial charge on any atom is 0.273 e. The van der Waals surface area contributed by atoms with Crippen LogP contribution in [0.3, 0.4) is 0 Å². The quantitative estimate of drug-likeness (QED) is 0.533. The molecule has 0 saturated carbocycles. The van der Waals surface area contributed by atoms with E-state index in [0.717, 1.165) is 0 Å². The number of nitro benzene ring substituents is 1. The summed E-state index contributed by atoms with van der Waals surface area (Å²) in [6.45, 7) is 1.62. The van der Waals surface area contributed by atoms with Crippen LogP contribution in [-0.2, 0) is 0 Å². The first-order valence-corrected chi connectivity index (χ1v) is 6.14. The smallest absolute Gasteiger partial charge is 0.273 e. The van der Waals surface area contributed by atoms with Gasteiger partial charge in [-0.25, -0.2) is 0 Å². The van der Waals surface area contributed by atoms with E-state index in [-0.39, 0.29) is 11.3 Å². The monoisotopic (exact) mass is 280 g/mol. The standard InChI is InChI=1S/C16H12N2O3/c1-3-12-5-4-6-14(9-12)17-16(19)13-8-7-11(2)15(10-13)18(20)21/h1,4-10H,2H3,(H,17,19). The third kappa shape index (κ3) is 3.25. The zero-order valence-corrected chi connectivity index (χ0v) is 11.3. The van der Waals surface area contributed by atoms with Crippen molar-refractivity contribution in [2.24, 2.45) is 0 Å². The van der Waals surface area contributed by atoms with E-state index < -0.39 is 10.8 Å². The van der Waals surface area contributed by atoms with Gasteiger partial charge in [-0.1, -0.05) is 18.1 Å². The number of amides is 1. The molecule has 0 aliphatic rings. The minimum Gasteiger partial charge on any atom is -0.322 e. The Hall–Kier alpha value is -3.13. The van der Waals surface area contributed by atoms with Gasteiger partial charge >= 0.3 is 0 Å². The lowest BCUT2D eigenvalue weighted by molar-refractivity contribution is -0.385. The Morgan fingerprint density at radius 2 is 2.05 bits per heavy atom. The Balaban J connectivity index is 2.26. The SMILES string of the molecule is C#Cc1cccc(NC(=O)c2ccc(C)c([N+](=O)[O-])c2)c1. The molecule has 0 bridgehead atoms. The zero-order chi connectivity index (χ0) is 15.4. The van der Waals surface area contributed by atoms with Crippen molar-refractivity contribution < 1.29 is 9.72 Å². The van der Waals surface area contributed by atoms with E-state index >= 15 is 0 Å². The summed E-state index contributed by atoms with van der Waals surface area (Å²) in [6.07, 6.45) is 5.29. The average molecular weight is 280 g/mol. The lowest BCUT2D eigenvalue weighted by atomic mass is 10.1. The molecular formula is C16H12N2O3. The van der Waals surface area contributed by atoms with Gasteiger partial charge < -0.3 is 5.32 Å². The molecule has 1 amide bonds. The fourth-order valence-electron chi connectivity index (χ4n) is 1.84. The Morgan fingerprint density at radius 1 is 1.29 bits per heavy atom. The van der Waals surface area contributed by atoms with Gasteiger partial charge in [-0.2, -0.15) is 0 Å². The number of hydrogen-bond donors (Lipinski definition) is 1. The number of carbonyl (C=O) groups is 1. The van der Waals surface area contributed by atoms with E-state index in [1.54, 1.807) is 43.3 Å². The molecule has 0 heterocycles. The topological polar surface area (TPSA) is 72.2 Å². The van der Waals surface area contributed by atoms with E-state index in [9.17, 15) is 14.9 Å². The maximum absolute atomic E-state index is 12.1. The Morgan fingerprint density at radius 3 is 2.71 bits per heavy atom. The molecular weight excluding hydrogens is 268 g/mol. The van der Waals surface area contributed by atoms with Gasteiger partial charge in [0.05, 0.1) is 4.92 Å². The van der Waals surface area contributed by atoms with Crippen molar-refractivity contribution in [1.29, 1.82) is 0 Å². The molecule has 5 heteroatoms. The number of aryl methyl sites for hydroxylation is 1. The number of hydrogen-bond acceptors (Lipinski definition) is 3. The van der Waals surface area contributed by atoms with Crippen LogP contribution < -0.4 is 5.32 Å². The molecule has 0 aliphatic carbocycles. The number of nitrogens with one attached hydrogen (secondary N) is 1. The lowest BCUT2D eigenvalue weighted by Gasteiger charge is -2.06. The summed E-state index contributed by atoms with van der Waals surface area (Å²) in [5, 5.41) is 13.6. The van der Waals surface area contributed by atoms with Gasteiger partial charge in [0.15, 0.2) is 0 Å². The van der Waals surface area contributed by atoms with Gasteiger partial charge in [0, 0.05) is 28.4 Å². The van der Waals surface area contributed by atoms with Gasteiger partial charge in [0.2, 0.25) is 0 Å². The maximum atomic E-state index is 12.1. The molecule has 104 valence electrons. The Bertz CT molecular complexity index is 760. The first-order chi connectivity index (χ1) is 10.0. The third-order valence-electron chi connectivity index (χ3n) is 2.96. The molecule has 1 N–H and O–H groups in total. The Labute approximate surface area is 121 Å². The van der Waals surface area contributed by atoms with Crippen LogP contribution in [-0.4, -0.2) is 10.8 Å². The second kappa shape index (κ2) is 5.88. The Kier molecular flexibility index (Phi) is 4.00. The van der Waals surface area contributed by atoms with Crippen LogP contribution >= 0.6 is 0 Å². The van der Waals surface area contributed by atoms with Crippen molar-refractivity contribution >= 4 is 17.3 Å². The predicted octanol–water partition coefficient (Wildman–Crippen LogP) is 3.14. The number of rotatable bonds is 3. The van der Waals surface area contributed by atoms with Gasteiger partial charge in [0.25, 0.3) is 11.6 Å². The fraction of sp³-hybridized carbons (Fsp3) is 0.0625. The van der Waals surface area contributed by atoms with Crippen molar-refractivity contribution in [3.8, 4) is 12.3 Å². The molecule has 5 nitrogen and oxygen atoms in total. The van der Waals surface area contributed by atoms with Crippen LogP contribution in [0, 0.1) is 29.4 Å². The van der Waals surface area contributed by atoms with Crippen molar-refractivity contribution in [2.75, 3.05) is 5.32 Å². The highest BCUT2D eigenvalue weighted by Crippen LogP contribution is 2.20. The molecule has 0 saturated heterocycles. The van der Waals surface area contributed by atoms with Crippen molar-refractivity contribution in [3.63, 3.8) is 0 Å². The largest absolute Gasteiger partial charge is 0.322 e. The zero-order valence-electron chi connectivity index (χ0n) is 11.3. The van der Waals surface area contributed by atoms with E-state index in [1.165, 1.54) is 6.07 Å². The van der Waals surface area contributed by atoms with Crippen molar-refractivity contribution in [2.45, 2.75) is 6.92 Å². The highest BCUT2D eigenvalue weighted by Gasteiger charge is 2.15. The summed E-state index contributed by atoms with van der Waals surface area (Å²) in [4.78, 5) is 22.5. The highest BCUT2D eigenvalue weighted by atomic mass is 16.6. The summed E-state index contributed by atoms with van der Waals surface area (Å²) in [5.41, 5.74) is 1.82. The molecule has 2 rings (SSSR count). The predicted molar refractivity (Wildman–Crippen MR) is 80.2 cm³/mol. The first-order valence-electron chi connectivity index (χ1n) is 6.14. The molecule has 2 aromatic carbocycles. The third-order valence-corrected chi connectivity index (χ3v) is 2.96. The van der Waals surface area contributed by atoms with Crippen molar-refractivity contribution in [3.05, 3.63) is 69.3 Å². The normalized spacial score (nSPS) is 9.71. The molecule has 0 unspecified atom stereocenters. The number of terminal acetylenes is 1. The summed E-state index contributed by atoms with van der Waals surface area (Å²) in [5.74, 6) is 2.05. The first kappa shape index (κ1) is 14.3. The number of benzene rings is 2. The molecule has 0 atom stereocenters. The van der Waals surface area contributed by atoms with Crippen LogP contribution in [0.15, 0.2) is 42.5 Å². The van der Waals surface area contributed by atoms with E-state index in [1.807, 2.05) is 0 Å².